The van der Waals surface area contributed by atoms with E-state index in [9.17, 15) is 4.79 Å². The van der Waals surface area contributed by atoms with Crippen molar-refractivity contribution in [3.8, 4) is 0 Å². The molecule has 0 aliphatic carbocycles. The second-order valence-electron chi connectivity index (χ2n) is 5.95. The Bertz CT molecular complexity index is 268. The van der Waals surface area contributed by atoms with Crippen molar-refractivity contribution >= 4 is 5.91 Å². The Balaban J connectivity index is 1.80. The molecule has 4 heteroatoms. The zero-order valence-electron chi connectivity index (χ0n) is 11.2. The Morgan fingerprint density at radius 2 is 1.88 bits per heavy atom. The van der Waals surface area contributed by atoms with E-state index in [1.54, 1.807) is 0 Å². The quantitative estimate of drug-likeness (QED) is 0.741. The van der Waals surface area contributed by atoms with E-state index < -0.39 is 0 Å². The average Bonchev–Trinajstić information content (AvgIpc) is 2.84. The fraction of sp³-hybridized carbons (Fsp3) is 0.923. The Hall–Kier alpha value is -0.610. The van der Waals surface area contributed by atoms with E-state index >= 15 is 0 Å². The van der Waals surface area contributed by atoms with Crippen LogP contribution in [0, 0.1) is 17.8 Å². The third-order valence-corrected chi connectivity index (χ3v) is 4.03. The maximum Gasteiger partial charge on any atom is 0.237 e. The van der Waals surface area contributed by atoms with E-state index in [1.807, 2.05) is 6.92 Å². The van der Waals surface area contributed by atoms with Crippen LogP contribution >= 0.6 is 0 Å². The molecule has 2 heterocycles. The van der Waals surface area contributed by atoms with Gasteiger partial charge in [0.1, 0.15) is 0 Å². The van der Waals surface area contributed by atoms with Gasteiger partial charge >= 0.3 is 0 Å². The number of carbonyl (C=O) groups excluding carboxylic acids is 1. The van der Waals surface area contributed by atoms with Gasteiger partial charge < -0.3 is 10.6 Å². The molecule has 2 rings (SSSR count). The van der Waals surface area contributed by atoms with Gasteiger partial charge in [0.05, 0.1) is 6.04 Å². The lowest BCUT2D eigenvalue weighted by molar-refractivity contribution is -0.125. The van der Waals surface area contributed by atoms with Crippen LogP contribution in [0.5, 0.6) is 0 Å². The molecule has 2 aliphatic heterocycles. The smallest absolute Gasteiger partial charge is 0.237 e. The SMILES string of the molecule is CC(C)CNC(=O)C(C)N1CC2CNCC2C1. The van der Waals surface area contributed by atoms with Crippen LogP contribution in [0.15, 0.2) is 0 Å². The Labute approximate surface area is 104 Å². The van der Waals surface area contributed by atoms with Crippen LogP contribution in [0.25, 0.3) is 0 Å². The second kappa shape index (κ2) is 5.36. The number of carbonyl (C=O) groups is 1. The summed E-state index contributed by atoms with van der Waals surface area (Å²) >= 11 is 0. The molecule has 0 radical (unpaired) electrons. The summed E-state index contributed by atoms with van der Waals surface area (Å²) in [6.45, 7) is 11.5. The Kier molecular flexibility index (Phi) is 4.05. The van der Waals surface area contributed by atoms with Gasteiger partial charge in [-0.25, -0.2) is 0 Å². The van der Waals surface area contributed by atoms with Crippen LogP contribution in [-0.2, 0) is 4.79 Å². The molecule has 1 amide bonds. The highest BCUT2D eigenvalue weighted by atomic mass is 16.2. The molecule has 2 aliphatic rings. The van der Waals surface area contributed by atoms with E-state index in [0.717, 1.165) is 44.6 Å². The van der Waals surface area contributed by atoms with Crippen molar-refractivity contribution in [3.63, 3.8) is 0 Å². The lowest BCUT2D eigenvalue weighted by Gasteiger charge is -2.24. The van der Waals surface area contributed by atoms with Crippen LogP contribution in [0.1, 0.15) is 20.8 Å². The minimum absolute atomic E-state index is 0.0272. The molecule has 0 aromatic rings. The highest BCUT2D eigenvalue weighted by Gasteiger charge is 2.39. The molecular weight excluding hydrogens is 214 g/mol. The fourth-order valence-corrected chi connectivity index (χ4v) is 2.83. The molecular formula is C13H25N3O. The number of hydrogen-bond donors (Lipinski definition) is 2. The fourth-order valence-electron chi connectivity index (χ4n) is 2.83. The number of nitrogens with one attached hydrogen (secondary N) is 2. The lowest BCUT2D eigenvalue weighted by atomic mass is 10.0. The number of rotatable bonds is 4. The molecule has 4 nitrogen and oxygen atoms in total. The molecule has 2 fully saturated rings. The average molecular weight is 239 g/mol. The number of likely N-dealkylation sites (tertiary alicyclic amines) is 1. The van der Waals surface area contributed by atoms with Crippen molar-refractivity contribution in [3.05, 3.63) is 0 Å². The minimum Gasteiger partial charge on any atom is -0.354 e. The first-order valence-corrected chi connectivity index (χ1v) is 6.80. The van der Waals surface area contributed by atoms with Gasteiger partial charge in [-0.3, -0.25) is 9.69 Å². The molecule has 0 saturated carbocycles. The molecule has 17 heavy (non-hydrogen) atoms. The minimum atomic E-state index is 0.0272. The van der Waals surface area contributed by atoms with E-state index in [1.165, 1.54) is 0 Å². The van der Waals surface area contributed by atoms with Crippen molar-refractivity contribution in [1.82, 2.24) is 15.5 Å². The van der Waals surface area contributed by atoms with E-state index in [2.05, 4.69) is 29.4 Å². The summed E-state index contributed by atoms with van der Waals surface area (Å²) in [5, 5.41) is 6.45. The lowest BCUT2D eigenvalue weighted by Crippen LogP contribution is -2.45. The monoisotopic (exact) mass is 239 g/mol. The Morgan fingerprint density at radius 3 is 2.41 bits per heavy atom. The van der Waals surface area contributed by atoms with Crippen LogP contribution in [0.3, 0.4) is 0 Å². The van der Waals surface area contributed by atoms with Gasteiger partial charge in [0, 0.05) is 19.6 Å². The van der Waals surface area contributed by atoms with Crippen LogP contribution in [0.2, 0.25) is 0 Å². The van der Waals surface area contributed by atoms with Crippen molar-refractivity contribution in [2.45, 2.75) is 26.8 Å². The molecule has 3 unspecified atom stereocenters. The summed E-state index contributed by atoms with van der Waals surface area (Å²) in [4.78, 5) is 14.3. The predicted octanol–water partition coefficient (Wildman–Crippen LogP) is 0.298. The molecule has 2 saturated heterocycles. The van der Waals surface area contributed by atoms with Gasteiger partial charge in [-0.05, 0) is 37.8 Å². The van der Waals surface area contributed by atoms with Gasteiger partial charge in [0.2, 0.25) is 5.91 Å². The first kappa shape index (κ1) is 12.8. The summed E-state index contributed by atoms with van der Waals surface area (Å²) in [7, 11) is 0. The van der Waals surface area contributed by atoms with Crippen LogP contribution in [-0.4, -0.2) is 49.6 Å². The first-order valence-electron chi connectivity index (χ1n) is 6.80. The topological polar surface area (TPSA) is 44.4 Å². The second-order valence-corrected chi connectivity index (χ2v) is 5.95. The van der Waals surface area contributed by atoms with Gasteiger partial charge in [0.15, 0.2) is 0 Å². The van der Waals surface area contributed by atoms with E-state index in [-0.39, 0.29) is 11.9 Å². The van der Waals surface area contributed by atoms with Crippen molar-refractivity contribution in [2.24, 2.45) is 17.8 Å². The Morgan fingerprint density at radius 1 is 1.29 bits per heavy atom. The largest absolute Gasteiger partial charge is 0.354 e. The molecule has 0 bridgehead atoms. The highest BCUT2D eigenvalue weighted by molar-refractivity contribution is 5.81. The summed E-state index contributed by atoms with van der Waals surface area (Å²) in [5.74, 6) is 2.23. The molecule has 98 valence electrons. The molecule has 2 N–H and O–H groups in total. The maximum absolute atomic E-state index is 12.0. The van der Waals surface area contributed by atoms with Crippen molar-refractivity contribution < 1.29 is 4.79 Å². The molecule has 0 aromatic carbocycles. The zero-order valence-corrected chi connectivity index (χ0v) is 11.2. The van der Waals surface area contributed by atoms with E-state index in [4.69, 9.17) is 0 Å². The number of amides is 1. The summed E-state index contributed by atoms with van der Waals surface area (Å²) in [6, 6.07) is 0.0272. The third kappa shape index (κ3) is 2.99. The van der Waals surface area contributed by atoms with Gasteiger partial charge in [-0.15, -0.1) is 0 Å². The number of fused-ring (bicyclic) bond motifs is 1. The molecule has 3 atom stereocenters. The zero-order chi connectivity index (χ0) is 12.4. The molecule has 0 aromatic heterocycles. The maximum atomic E-state index is 12.0. The highest BCUT2D eigenvalue weighted by Crippen LogP contribution is 2.27. The number of hydrogen-bond acceptors (Lipinski definition) is 3. The van der Waals surface area contributed by atoms with Crippen LogP contribution < -0.4 is 10.6 Å². The number of nitrogens with zero attached hydrogens (tertiary/aromatic N) is 1. The summed E-state index contributed by atoms with van der Waals surface area (Å²) < 4.78 is 0. The van der Waals surface area contributed by atoms with Crippen LogP contribution in [0.4, 0.5) is 0 Å². The normalized spacial score (nSPS) is 30.6. The summed E-state index contributed by atoms with van der Waals surface area (Å²) in [6.07, 6.45) is 0. The van der Waals surface area contributed by atoms with Gasteiger partial charge in [-0.2, -0.15) is 0 Å². The standard InChI is InChI=1S/C13H25N3O/c1-9(2)4-15-13(17)10(3)16-7-11-5-14-6-12(11)8-16/h9-12,14H,4-8H2,1-3H3,(H,15,17). The predicted molar refractivity (Wildman–Crippen MR) is 68.7 cm³/mol. The van der Waals surface area contributed by atoms with Crippen molar-refractivity contribution in [1.29, 1.82) is 0 Å². The van der Waals surface area contributed by atoms with Crippen molar-refractivity contribution in [2.75, 3.05) is 32.7 Å². The summed E-state index contributed by atoms with van der Waals surface area (Å²) in [5.41, 5.74) is 0. The molecule has 0 spiro atoms. The first-order chi connectivity index (χ1) is 8.08. The van der Waals surface area contributed by atoms with Gasteiger partial charge in [-0.1, -0.05) is 13.8 Å². The van der Waals surface area contributed by atoms with Gasteiger partial charge in [0.25, 0.3) is 0 Å². The third-order valence-electron chi connectivity index (χ3n) is 4.03. The van der Waals surface area contributed by atoms with E-state index in [0.29, 0.717) is 5.92 Å².